The molecule has 0 N–H and O–H groups in total. The molecular weight excluding hydrogens is 320 g/mol. The Labute approximate surface area is 144 Å². The first-order valence-corrected chi connectivity index (χ1v) is 8.78. The predicted octanol–water partition coefficient (Wildman–Crippen LogP) is 4.08. The number of carbonyl (C=O) groups is 1. The van der Waals surface area contributed by atoms with E-state index in [1.54, 1.807) is 0 Å². The van der Waals surface area contributed by atoms with E-state index in [-0.39, 0.29) is 17.9 Å². The Hall–Kier alpha value is -2.27. The number of nitrogens with zero attached hydrogens (tertiary/aromatic N) is 2. The fourth-order valence-electron chi connectivity index (χ4n) is 2.68. The molecule has 0 aliphatic carbocycles. The molecule has 0 saturated carbocycles. The van der Waals surface area contributed by atoms with Gasteiger partial charge in [0.1, 0.15) is 4.83 Å². The quantitative estimate of drug-likeness (QED) is 0.672. The first-order valence-electron chi connectivity index (χ1n) is 7.96. The summed E-state index contributed by atoms with van der Waals surface area (Å²) in [4.78, 5) is 31.3. The molecule has 124 valence electrons. The highest BCUT2D eigenvalue weighted by Crippen LogP contribution is 2.25. The number of Topliss-reactive ketones (excluding diaryl/α,β-unsaturated/α-hetero) is 1. The van der Waals surface area contributed by atoms with Gasteiger partial charge in [-0.2, -0.15) is 0 Å². The SMILES string of the molecule is Cc1sc2ncn(CC(=O)c3ccc(C(C)C)cc3)c(=O)c2c1C. The number of carbonyl (C=O) groups excluding carboxylic acids is 1. The summed E-state index contributed by atoms with van der Waals surface area (Å²) in [6, 6.07) is 7.59. The number of thiophene rings is 1. The smallest absolute Gasteiger partial charge is 0.262 e. The molecule has 0 radical (unpaired) electrons. The van der Waals surface area contributed by atoms with Gasteiger partial charge in [0, 0.05) is 10.4 Å². The average molecular weight is 340 g/mol. The van der Waals surface area contributed by atoms with Crippen molar-refractivity contribution in [3.63, 3.8) is 0 Å². The van der Waals surface area contributed by atoms with Crippen LogP contribution < -0.4 is 5.56 Å². The zero-order valence-corrected chi connectivity index (χ0v) is 15.1. The maximum atomic E-state index is 12.7. The van der Waals surface area contributed by atoms with Crippen molar-refractivity contribution >= 4 is 27.3 Å². The second-order valence-corrected chi connectivity index (χ2v) is 7.54. The van der Waals surface area contributed by atoms with E-state index in [4.69, 9.17) is 0 Å². The third kappa shape index (κ3) is 2.91. The molecule has 3 rings (SSSR count). The van der Waals surface area contributed by atoms with Gasteiger partial charge in [0.15, 0.2) is 5.78 Å². The van der Waals surface area contributed by atoms with Crippen molar-refractivity contribution in [2.75, 3.05) is 0 Å². The molecule has 0 fully saturated rings. The van der Waals surface area contributed by atoms with Crippen LogP contribution in [0, 0.1) is 13.8 Å². The van der Waals surface area contributed by atoms with Gasteiger partial charge in [-0.3, -0.25) is 14.2 Å². The van der Waals surface area contributed by atoms with Crippen molar-refractivity contribution in [3.05, 3.63) is 62.5 Å². The summed E-state index contributed by atoms with van der Waals surface area (Å²) in [6.45, 7) is 8.14. The first kappa shape index (κ1) is 16.6. The number of aryl methyl sites for hydroxylation is 2. The molecule has 0 bridgehead atoms. The lowest BCUT2D eigenvalue weighted by atomic mass is 10.0. The van der Waals surface area contributed by atoms with Crippen molar-refractivity contribution in [2.24, 2.45) is 0 Å². The van der Waals surface area contributed by atoms with Gasteiger partial charge in [-0.25, -0.2) is 4.98 Å². The van der Waals surface area contributed by atoms with Gasteiger partial charge in [-0.1, -0.05) is 38.1 Å². The molecule has 0 saturated heterocycles. The summed E-state index contributed by atoms with van der Waals surface area (Å²) in [5.41, 5.74) is 2.62. The standard InChI is InChI=1S/C19H20N2O2S/c1-11(2)14-5-7-15(8-6-14)16(22)9-21-10-20-18-17(19(21)23)12(3)13(4)24-18/h5-8,10-11H,9H2,1-4H3. The van der Waals surface area contributed by atoms with Crippen LogP contribution in [0.15, 0.2) is 35.4 Å². The van der Waals surface area contributed by atoms with Crippen molar-refractivity contribution in [2.45, 2.75) is 40.2 Å². The molecule has 24 heavy (non-hydrogen) atoms. The summed E-state index contributed by atoms with van der Waals surface area (Å²) >= 11 is 1.51. The Balaban J connectivity index is 1.92. The molecule has 0 aliphatic heterocycles. The summed E-state index contributed by atoms with van der Waals surface area (Å²) in [5, 5.41) is 0.628. The number of hydrogen-bond acceptors (Lipinski definition) is 4. The van der Waals surface area contributed by atoms with Crippen LogP contribution in [0.4, 0.5) is 0 Å². The number of rotatable bonds is 4. The van der Waals surface area contributed by atoms with Gasteiger partial charge in [-0.15, -0.1) is 11.3 Å². The molecule has 0 spiro atoms. The zero-order valence-electron chi connectivity index (χ0n) is 14.3. The molecular formula is C19H20N2O2S. The molecule has 0 aliphatic rings. The second kappa shape index (κ2) is 6.32. The zero-order chi connectivity index (χ0) is 17.4. The normalized spacial score (nSPS) is 11.4. The Morgan fingerprint density at radius 2 is 1.88 bits per heavy atom. The lowest BCUT2D eigenvalue weighted by Crippen LogP contribution is -2.24. The minimum absolute atomic E-state index is 0.0110. The molecule has 4 nitrogen and oxygen atoms in total. The summed E-state index contributed by atoms with van der Waals surface area (Å²) in [5.74, 6) is 0.339. The number of fused-ring (bicyclic) bond motifs is 1. The lowest BCUT2D eigenvalue weighted by molar-refractivity contribution is 0.0970. The van der Waals surface area contributed by atoms with E-state index in [2.05, 4.69) is 18.8 Å². The summed E-state index contributed by atoms with van der Waals surface area (Å²) in [6.07, 6.45) is 1.47. The number of aromatic nitrogens is 2. The molecule has 3 aromatic rings. The van der Waals surface area contributed by atoms with Gasteiger partial charge in [0.05, 0.1) is 18.3 Å². The molecule has 2 heterocycles. The van der Waals surface area contributed by atoms with Crippen molar-refractivity contribution in [3.8, 4) is 0 Å². The first-order chi connectivity index (χ1) is 11.4. The Bertz CT molecular complexity index is 965. The average Bonchev–Trinajstić information content (AvgIpc) is 2.85. The van der Waals surface area contributed by atoms with Crippen LogP contribution in [0.1, 0.15) is 46.1 Å². The Morgan fingerprint density at radius 3 is 2.50 bits per heavy atom. The molecule has 0 amide bonds. The van der Waals surface area contributed by atoms with E-state index < -0.39 is 0 Å². The number of ketones is 1. The largest absolute Gasteiger partial charge is 0.292 e. The summed E-state index contributed by atoms with van der Waals surface area (Å²) < 4.78 is 1.40. The minimum atomic E-state index is -0.144. The van der Waals surface area contributed by atoms with Crippen LogP contribution in [0.2, 0.25) is 0 Å². The molecule has 1 aromatic carbocycles. The van der Waals surface area contributed by atoms with E-state index in [1.165, 1.54) is 27.8 Å². The van der Waals surface area contributed by atoms with E-state index in [9.17, 15) is 9.59 Å². The maximum absolute atomic E-state index is 12.7. The topological polar surface area (TPSA) is 52.0 Å². The second-order valence-electron chi connectivity index (χ2n) is 6.34. The van der Waals surface area contributed by atoms with E-state index in [0.717, 1.165) is 15.3 Å². The van der Waals surface area contributed by atoms with E-state index in [0.29, 0.717) is 16.9 Å². The van der Waals surface area contributed by atoms with Crippen molar-refractivity contribution < 1.29 is 4.79 Å². The van der Waals surface area contributed by atoms with Gasteiger partial charge < -0.3 is 0 Å². The third-order valence-corrected chi connectivity index (χ3v) is 5.48. The molecule has 5 heteroatoms. The van der Waals surface area contributed by atoms with Crippen molar-refractivity contribution in [1.82, 2.24) is 9.55 Å². The van der Waals surface area contributed by atoms with Crippen LogP contribution >= 0.6 is 11.3 Å². The fourth-order valence-corrected chi connectivity index (χ4v) is 3.67. The monoisotopic (exact) mass is 340 g/mol. The lowest BCUT2D eigenvalue weighted by Gasteiger charge is -2.08. The molecule has 0 atom stereocenters. The molecule has 0 unspecified atom stereocenters. The highest BCUT2D eigenvalue weighted by atomic mass is 32.1. The van der Waals surface area contributed by atoms with Crippen LogP contribution in [0.3, 0.4) is 0 Å². The predicted molar refractivity (Wildman–Crippen MR) is 98.2 cm³/mol. The van der Waals surface area contributed by atoms with Crippen LogP contribution in [-0.4, -0.2) is 15.3 Å². The highest BCUT2D eigenvalue weighted by molar-refractivity contribution is 7.18. The third-order valence-electron chi connectivity index (χ3n) is 4.37. The highest BCUT2D eigenvalue weighted by Gasteiger charge is 2.14. The maximum Gasteiger partial charge on any atom is 0.262 e. The van der Waals surface area contributed by atoms with Gasteiger partial charge >= 0.3 is 0 Å². The minimum Gasteiger partial charge on any atom is -0.292 e. The number of benzene rings is 1. The van der Waals surface area contributed by atoms with Gasteiger partial charge in [0.2, 0.25) is 0 Å². The van der Waals surface area contributed by atoms with E-state index in [1.807, 2.05) is 38.1 Å². The Kier molecular flexibility index (Phi) is 4.37. The molecule has 2 aromatic heterocycles. The van der Waals surface area contributed by atoms with Gasteiger partial charge in [0.25, 0.3) is 5.56 Å². The van der Waals surface area contributed by atoms with Crippen LogP contribution in [0.25, 0.3) is 10.2 Å². The summed E-state index contributed by atoms with van der Waals surface area (Å²) in [7, 11) is 0. The fraction of sp³-hybridized carbons (Fsp3) is 0.316. The van der Waals surface area contributed by atoms with Gasteiger partial charge in [-0.05, 0) is 30.9 Å². The number of hydrogen-bond donors (Lipinski definition) is 0. The van der Waals surface area contributed by atoms with E-state index >= 15 is 0 Å². The Morgan fingerprint density at radius 1 is 1.21 bits per heavy atom. The van der Waals surface area contributed by atoms with Crippen molar-refractivity contribution in [1.29, 1.82) is 0 Å². The van der Waals surface area contributed by atoms with Crippen LogP contribution in [-0.2, 0) is 6.54 Å². The van der Waals surface area contributed by atoms with Crippen LogP contribution in [0.5, 0.6) is 0 Å².